The van der Waals surface area contributed by atoms with E-state index in [-0.39, 0.29) is 0 Å². The second-order valence-electron chi connectivity index (χ2n) is 6.32. The van der Waals surface area contributed by atoms with Crippen LogP contribution >= 0.6 is 0 Å². The van der Waals surface area contributed by atoms with Gasteiger partial charge in [-0.2, -0.15) is 5.10 Å². The molecule has 0 spiro atoms. The fraction of sp³-hybridized carbons (Fsp3) is 0.588. The number of likely N-dealkylation sites (tertiary alicyclic amines) is 1. The lowest BCUT2D eigenvalue weighted by atomic mass is 10.1. The Balaban J connectivity index is 1.71. The first-order valence-corrected chi connectivity index (χ1v) is 7.98. The molecule has 1 aromatic carbocycles. The molecule has 1 aliphatic heterocycles. The summed E-state index contributed by atoms with van der Waals surface area (Å²) in [4.78, 5) is 2.55. The number of fused-ring (bicyclic) bond motifs is 1. The molecule has 1 aromatic heterocycles. The number of hydrogen-bond acceptors (Lipinski definition) is 3. The van der Waals surface area contributed by atoms with Crippen LogP contribution in [0.5, 0.6) is 5.75 Å². The summed E-state index contributed by atoms with van der Waals surface area (Å²) < 4.78 is 6.30. The van der Waals surface area contributed by atoms with Crippen molar-refractivity contribution in [2.45, 2.75) is 52.2 Å². The molecule has 1 atom stereocenters. The van der Waals surface area contributed by atoms with Crippen LogP contribution in [-0.4, -0.2) is 40.3 Å². The molecule has 2 aromatic rings. The smallest absolute Gasteiger partial charge is 0.123 e. The van der Waals surface area contributed by atoms with E-state index in [1.165, 1.54) is 18.5 Å². The number of nitrogens with one attached hydrogen (secondary N) is 1. The van der Waals surface area contributed by atoms with Gasteiger partial charge in [0.05, 0.1) is 17.8 Å². The Labute approximate surface area is 126 Å². The summed E-state index contributed by atoms with van der Waals surface area (Å²) in [5.41, 5.74) is 2.26. The van der Waals surface area contributed by atoms with Crippen LogP contribution in [0.25, 0.3) is 10.9 Å². The van der Waals surface area contributed by atoms with Crippen LogP contribution in [0.15, 0.2) is 18.3 Å². The lowest BCUT2D eigenvalue weighted by Crippen LogP contribution is -2.32. The van der Waals surface area contributed by atoms with E-state index in [1.807, 2.05) is 6.20 Å². The van der Waals surface area contributed by atoms with Crippen molar-refractivity contribution in [3.05, 3.63) is 23.9 Å². The van der Waals surface area contributed by atoms with Crippen LogP contribution in [-0.2, 0) is 0 Å². The van der Waals surface area contributed by atoms with E-state index >= 15 is 0 Å². The van der Waals surface area contributed by atoms with Crippen molar-refractivity contribution in [3.63, 3.8) is 0 Å². The first-order chi connectivity index (χ1) is 10.1. The van der Waals surface area contributed by atoms with E-state index in [1.54, 1.807) is 0 Å². The van der Waals surface area contributed by atoms with Gasteiger partial charge in [0.15, 0.2) is 0 Å². The highest BCUT2D eigenvalue weighted by molar-refractivity contribution is 5.83. The van der Waals surface area contributed by atoms with Gasteiger partial charge >= 0.3 is 0 Å². The van der Waals surface area contributed by atoms with Gasteiger partial charge in [-0.15, -0.1) is 0 Å². The number of nitrogens with zero attached hydrogens (tertiary/aromatic N) is 2. The molecule has 2 heterocycles. The molecule has 0 saturated carbocycles. The maximum atomic E-state index is 6.30. The second-order valence-corrected chi connectivity index (χ2v) is 6.32. The summed E-state index contributed by atoms with van der Waals surface area (Å²) in [5.74, 6) is 1.01. The molecule has 0 aliphatic carbocycles. The van der Waals surface area contributed by atoms with Gasteiger partial charge in [-0.1, -0.05) is 0 Å². The molecule has 3 rings (SSSR count). The molecule has 0 amide bonds. The van der Waals surface area contributed by atoms with Crippen molar-refractivity contribution in [1.29, 1.82) is 0 Å². The van der Waals surface area contributed by atoms with Crippen LogP contribution in [0, 0.1) is 6.92 Å². The summed E-state index contributed by atoms with van der Waals surface area (Å²) in [5, 5.41) is 8.27. The van der Waals surface area contributed by atoms with Gasteiger partial charge < -0.3 is 9.64 Å². The number of H-pyrrole nitrogens is 1. The third-order valence-corrected chi connectivity index (χ3v) is 4.58. The van der Waals surface area contributed by atoms with Gasteiger partial charge in [-0.05, 0) is 58.7 Å². The maximum Gasteiger partial charge on any atom is 0.123 e. The molecule has 1 fully saturated rings. The first-order valence-electron chi connectivity index (χ1n) is 7.98. The van der Waals surface area contributed by atoms with E-state index in [0.29, 0.717) is 12.1 Å². The molecule has 1 N–H and O–H groups in total. The molecular weight excluding hydrogens is 262 g/mol. The number of aromatic nitrogens is 2. The van der Waals surface area contributed by atoms with Gasteiger partial charge in [-0.25, -0.2) is 0 Å². The van der Waals surface area contributed by atoms with Crippen molar-refractivity contribution >= 4 is 10.9 Å². The standard InChI is InChI=1S/C17H25N3O/c1-12(2)20-9-4-5-14(8-10-20)21-17-7-6-16-15(13(17)3)11-18-19-16/h6-7,11-12,14H,4-5,8-10H2,1-3H3,(H,18,19). The van der Waals surface area contributed by atoms with Gasteiger partial charge in [0.2, 0.25) is 0 Å². The van der Waals surface area contributed by atoms with Crippen LogP contribution < -0.4 is 4.74 Å². The zero-order valence-corrected chi connectivity index (χ0v) is 13.2. The van der Waals surface area contributed by atoms with Crippen molar-refractivity contribution < 1.29 is 4.74 Å². The van der Waals surface area contributed by atoms with Crippen molar-refractivity contribution in [2.75, 3.05) is 13.1 Å². The number of aryl methyl sites for hydroxylation is 1. The number of aromatic amines is 1. The summed E-state index contributed by atoms with van der Waals surface area (Å²) in [7, 11) is 0. The van der Waals surface area contributed by atoms with Crippen molar-refractivity contribution in [3.8, 4) is 5.75 Å². The SMILES string of the molecule is Cc1c(OC2CCCN(C(C)C)CC2)ccc2[nH]ncc12. The zero-order valence-electron chi connectivity index (χ0n) is 13.2. The van der Waals surface area contributed by atoms with E-state index < -0.39 is 0 Å². The Morgan fingerprint density at radius 3 is 2.95 bits per heavy atom. The third kappa shape index (κ3) is 3.05. The normalized spacial score (nSPS) is 20.9. The van der Waals surface area contributed by atoms with Crippen LogP contribution in [0.3, 0.4) is 0 Å². The zero-order chi connectivity index (χ0) is 14.8. The predicted octanol–water partition coefficient (Wildman–Crippen LogP) is 3.51. The Bertz CT molecular complexity index is 605. The largest absolute Gasteiger partial charge is 0.490 e. The summed E-state index contributed by atoms with van der Waals surface area (Å²) >= 11 is 0. The fourth-order valence-corrected chi connectivity index (χ4v) is 3.17. The molecule has 0 radical (unpaired) electrons. The molecule has 0 bridgehead atoms. The van der Waals surface area contributed by atoms with Gasteiger partial charge in [0.25, 0.3) is 0 Å². The minimum absolute atomic E-state index is 0.330. The highest BCUT2D eigenvalue weighted by Crippen LogP contribution is 2.28. The average Bonchev–Trinajstić information content (AvgIpc) is 2.81. The fourth-order valence-electron chi connectivity index (χ4n) is 3.17. The quantitative estimate of drug-likeness (QED) is 0.939. The Kier molecular flexibility index (Phi) is 4.15. The van der Waals surface area contributed by atoms with Crippen LogP contribution in [0.2, 0.25) is 0 Å². The van der Waals surface area contributed by atoms with E-state index in [4.69, 9.17) is 4.74 Å². The molecule has 1 aliphatic rings. The predicted molar refractivity (Wildman–Crippen MR) is 85.8 cm³/mol. The summed E-state index contributed by atoms with van der Waals surface area (Å²) in [6, 6.07) is 4.76. The van der Waals surface area contributed by atoms with Crippen LogP contribution in [0.1, 0.15) is 38.7 Å². The number of hydrogen-bond donors (Lipinski definition) is 1. The third-order valence-electron chi connectivity index (χ3n) is 4.58. The lowest BCUT2D eigenvalue weighted by molar-refractivity contribution is 0.173. The first kappa shape index (κ1) is 14.4. The Morgan fingerprint density at radius 2 is 2.14 bits per heavy atom. The Hall–Kier alpha value is -1.55. The molecule has 21 heavy (non-hydrogen) atoms. The monoisotopic (exact) mass is 287 g/mol. The number of rotatable bonds is 3. The summed E-state index contributed by atoms with van der Waals surface area (Å²) in [6.45, 7) is 8.99. The van der Waals surface area contributed by atoms with E-state index in [2.05, 4.69) is 48.0 Å². The van der Waals surface area contributed by atoms with Gasteiger partial charge in [0.1, 0.15) is 5.75 Å². The summed E-state index contributed by atoms with van der Waals surface area (Å²) in [6.07, 6.45) is 5.69. The molecule has 4 nitrogen and oxygen atoms in total. The van der Waals surface area contributed by atoms with Crippen molar-refractivity contribution in [1.82, 2.24) is 15.1 Å². The minimum Gasteiger partial charge on any atom is -0.490 e. The molecule has 4 heteroatoms. The number of ether oxygens (including phenoxy) is 1. The average molecular weight is 287 g/mol. The molecular formula is C17H25N3O. The molecule has 1 unspecified atom stereocenters. The highest BCUT2D eigenvalue weighted by atomic mass is 16.5. The van der Waals surface area contributed by atoms with E-state index in [9.17, 15) is 0 Å². The van der Waals surface area contributed by atoms with Gasteiger partial charge in [0, 0.05) is 23.5 Å². The number of benzene rings is 1. The minimum atomic E-state index is 0.330. The topological polar surface area (TPSA) is 41.1 Å². The lowest BCUT2D eigenvalue weighted by Gasteiger charge is -2.24. The van der Waals surface area contributed by atoms with E-state index in [0.717, 1.165) is 36.0 Å². The molecule has 1 saturated heterocycles. The maximum absolute atomic E-state index is 6.30. The second kappa shape index (κ2) is 6.06. The highest BCUT2D eigenvalue weighted by Gasteiger charge is 2.20. The Morgan fingerprint density at radius 1 is 1.29 bits per heavy atom. The molecule has 114 valence electrons. The van der Waals surface area contributed by atoms with Gasteiger partial charge in [-0.3, -0.25) is 5.10 Å². The van der Waals surface area contributed by atoms with Crippen molar-refractivity contribution in [2.24, 2.45) is 0 Å². The van der Waals surface area contributed by atoms with Crippen LogP contribution in [0.4, 0.5) is 0 Å².